The summed E-state index contributed by atoms with van der Waals surface area (Å²) in [4.78, 5) is 10.7. The van der Waals surface area contributed by atoms with E-state index in [1.165, 1.54) is 6.07 Å². The summed E-state index contributed by atoms with van der Waals surface area (Å²) < 4.78 is 16.3. The molecule has 0 aliphatic heterocycles. The molecular formula is C9H12O4S. The van der Waals surface area contributed by atoms with Crippen molar-refractivity contribution in [1.82, 2.24) is 0 Å². The van der Waals surface area contributed by atoms with E-state index in [0.29, 0.717) is 17.3 Å². The molecule has 1 aromatic heterocycles. The second-order valence-electron chi connectivity index (χ2n) is 2.86. The van der Waals surface area contributed by atoms with Gasteiger partial charge in [-0.15, -0.1) is 0 Å². The maximum Gasteiger partial charge on any atom is 0.339 e. The maximum absolute atomic E-state index is 11.2. The molecule has 1 rings (SSSR count). The first-order chi connectivity index (χ1) is 6.54. The molecule has 1 atom stereocenters. The number of aryl methyl sites for hydroxylation is 1. The van der Waals surface area contributed by atoms with E-state index in [4.69, 9.17) is 9.52 Å². The third-order valence-electron chi connectivity index (χ3n) is 1.82. The summed E-state index contributed by atoms with van der Waals surface area (Å²) in [6, 6.07) is 1.44. The van der Waals surface area contributed by atoms with Crippen molar-refractivity contribution in [3.05, 3.63) is 23.2 Å². The van der Waals surface area contributed by atoms with E-state index < -0.39 is 16.8 Å². The van der Waals surface area contributed by atoms with Gasteiger partial charge in [-0.2, -0.15) is 0 Å². The lowest BCUT2D eigenvalue weighted by Crippen LogP contribution is -1.97. The van der Waals surface area contributed by atoms with E-state index in [2.05, 4.69) is 0 Å². The number of furan rings is 1. The van der Waals surface area contributed by atoms with Gasteiger partial charge in [0.25, 0.3) is 0 Å². The van der Waals surface area contributed by atoms with Gasteiger partial charge in [0.05, 0.1) is 5.75 Å². The number of rotatable bonds is 4. The molecule has 0 amide bonds. The van der Waals surface area contributed by atoms with Crippen LogP contribution in [0.4, 0.5) is 0 Å². The van der Waals surface area contributed by atoms with Gasteiger partial charge in [-0.25, -0.2) is 4.79 Å². The fourth-order valence-corrected chi connectivity index (χ4v) is 1.75. The molecule has 4 nitrogen and oxygen atoms in total. The fourth-order valence-electron chi connectivity index (χ4n) is 1.09. The highest BCUT2D eigenvalue weighted by atomic mass is 32.2. The quantitative estimate of drug-likeness (QED) is 0.829. The van der Waals surface area contributed by atoms with Gasteiger partial charge in [0, 0.05) is 16.6 Å². The highest BCUT2D eigenvalue weighted by Crippen LogP contribution is 2.15. The summed E-state index contributed by atoms with van der Waals surface area (Å²) >= 11 is 0. The molecule has 0 aliphatic carbocycles. The first-order valence-corrected chi connectivity index (χ1v) is 5.71. The second-order valence-corrected chi connectivity index (χ2v) is 4.61. The minimum atomic E-state index is -1.01. The molecule has 0 saturated carbocycles. The fraction of sp³-hybridized carbons (Fsp3) is 0.444. The van der Waals surface area contributed by atoms with Crippen LogP contribution in [0.1, 0.15) is 28.8 Å². The smallest absolute Gasteiger partial charge is 0.339 e. The highest BCUT2D eigenvalue weighted by Gasteiger charge is 2.14. The van der Waals surface area contributed by atoms with Gasteiger partial charge in [0.2, 0.25) is 0 Å². The molecule has 1 aromatic rings. The van der Waals surface area contributed by atoms with Crippen molar-refractivity contribution >= 4 is 16.8 Å². The monoisotopic (exact) mass is 216 g/mol. The number of hydrogen-bond donors (Lipinski definition) is 1. The first kappa shape index (κ1) is 11.0. The molecule has 1 heterocycles. The SMILES string of the molecule is CCS(=O)Cc1cc(C(=O)O)c(C)o1. The van der Waals surface area contributed by atoms with Crippen LogP contribution in [-0.4, -0.2) is 21.0 Å². The van der Waals surface area contributed by atoms with Crippen molar-refractivity contribution in [3.8, 4) is 0 Å². The zero-order valence-electron chi connectivity index (χ0n) is 8.07. The lowest BCUT2D eigenvalue weighted by atomic mass is 10.2. The predicted octanol–water partition coefficient (Wildman–Crippen LogP) is 1.55. The lowest BCUT2D eigenvalue weighted by molar-refractivity contribution is 0.0695. The van der Waals surface area contributed by atoms with Crippen LogP contribution in [0.5, 0.6) is 0 Å². The molecule has 0 fully saturated rings. The minimum absolute atomic E-state index is 0.146. The van der Waals surface area contributed by atoms with Gasteiger partial charge in [-0.05, 0) is 13.0 Å². The van der Waals surface area contributed by atoms with Crippen LogP contribution in [0, 0.1) is 6.92 Å². The molecular weight excluding hydrogens is 204 g/mol. The van der Waals surface area contributed by atoms with Crippen molar-refractivity contribution in [1.29, 1.82) is 0 Å². The van der Waals surface area contributed by atoms with Gasteiger partial charge in [0.15, 0.2) is 0 Å². The molecule has 1 N–H and O–H groups in total. The Morgan fingerprint density at radius 2 is 2.29 bits per heavy atom. The lowest BCUT2D eigenvalue weighted by Gasteiger charge is -1.93. The summed E-state index contributed by atoms with van der Waals surface area (Å²) in [5, 5.41) is 8.73. The van der Waals surface area contributed by atoms with Crippen LogP contribution in [-0.2, 0) is 16.6 Å². The summed E-state index contributed by atoms with van der Waals surface area (Å²) in [6.45, 7) is 3.39. The Kier molecular flexibility index (Phi) is 3.46. The Bertz CT molecular complexity index is 367. The number of hydrogen-bond acceptors (Lipinski definition) is 3. The number of aromatic carboxylic acids is 1. The van der Waals surface area contributed by atoms with Crippen LogP contribution in [0.15, 0.2) is 10.5 Å². The molecule has 0 bridgehead atoms. The zero-order chi connectivity index (χ0) is 10.7. The summed E-state index contributed by atoms with van der Waals surface area (Å²) in [7, 11) is -0.973. The average Bonchev–Trinajstić information content (AvgIpc) is 2.46. The summed E-state index contributed by atoms with van der Waals surface area (Å²) in [6.07, 6.45) is 0. The molecule has 0 aliphatic rings. The van der Waals surface area contributed by atoms with Crippen molar-refractivity contribution in [3.63, 3.8) is 0 Å². The maximum atomic E-state index is 11.2. The van der Waals surface area contributed by atoms with Gasteiger partial charge >= 0.3 is 5.97 Å². The van der Waals surface area contributed by atoms with Crippen molar-refractivity contribution < 1.29 is 18.5 Å². The Morgan fingerprint density at radius 1 is 1.64 bits per heavy atom. The third kappa shape index (κ3) is 2.45. The van der Waals surface area contributed by atoms with E-state index in [0.717, 1.165) is 0 Å². The van der Waals surface area contributed by atoms with Gasteiger partial charge in [-0.3, -0.25) is 4.21 Å². The zero-order valence-corrected chi connectivity index (χ0v) is 8.89. The molecule has 1 unspecified atom stereocenters. The number of carboxylic acid groups (broad SMARTS) is 1. The molecule has 5 heteroatoms. The summed E-state index contributed by atoms with van der Waals surface area (Å²) in [5.74, 6) is 0.646. The van der Waals surface area contributed by atoms with Crippen LogP contribution in [0.2, 0.25) is 0 Å². The Balaban J connectivity index is 2.86. The Morgan fingerprint density at radius 3 is 2.71 bits per heavy atom. The van der Waals surface area contributed by atoms with Gasteiger partial charge in [-0.1, -0.05) is 6.92 Å². The van der Waals surface area contributed by atoms with E-state index in [-0.39, 0.29) is 11.3 Å². The molecule has 78 valence electrons. The van der Waals surface area contributed by atoms with Gasteiger partial charge in [0.1, 0.15) is 17.1 Å². The van der Waals surface area contributed by atoms with E-state index >= 15 is 0 Å². The van der Waals surface area contributed by atoms with Crippen LogP contribution in [0.3, 0.4) is 0 Å². The first-order valence-electron chi connectivity index (χ1n) is 4.22. The van der Waals surface area contributed by atoms with Crippen LogP contribution >= 0.6 is 0 Å². The predicted molar refractivity (Wildman–Crippen MR) is 52.8 cm³/mol. The highest BCUT2D eigenvalue weighted by molar-refractivity contribution is 7.84. The normalized spacial score (nSPS) is 12.7. The summed E-state index contributed by atoms with van der Waals surface area (Å²) in [5.41, 5.74) is 0.146. The number of carbonyl (C=O) groups is 1. The standard InChI is InChI=1S/C9H12O4S/c1-3-14(12)5-7-4-8(9(10)11)6(2)13-7/h4H,3,5H2,1-2H3,(H,10,11). The van der Waals surface area contributed by atoms with Gasteiger partial charge < -0.3 is 9.52 Å². The van der Waals surface area contributed by atoms with Crippen molar-refractivity contribution in [2.45, 2.75) is 19.6 Å². The van der Waals surface area contributed by atoms with Crippen LogP contribution < -0.4 is 0 Å². The molecule has 0 aromatic carbocycles. The molecule has 0 radical (unpaired) electrons. The average molecular weight is 216 g/mol. The largest absolute Gasteiger partial charge is 0.478 e. The van der Waals surface area contributed by atoms with E-state index in [9.17, 15) is 9.00 Å². The second kappa shape index (κ2) is 4.41. The third-order valence-corrected chi connectivity index (χ3v) is 3.07. The van der Waals surface area contributed by atoms with Crippen molar-refractivity contribution in [2.75, 3.05) is 5.75 Å². The van der Waals surface area contributed by atoms with E-state index in [1.54, 1.807) is 6.92 Å². The Labute approximate surface area is 84.4 Å². The Hall–Kier alpha value is -1.10. The molecule has 0 spiro atoms. The topological polar surface area (TPSA) is 67.5 Å². The molecule has 0 saturated heterocycles. The molecule has 14 heavy (non-hydrogen) atoms. The van der Waals surface area contributed by atoms with Crippen molar-refractivity contribution in [2.24, 2.45) is 0 Å². The van der Waals surface area contributed by atoms with E-state index in [1.807, 2.05) is 6.92 Å². The van der Waals surface area contributed by atoms with Crippen LogP contribution in [0.25, 0.3) is 0 Å². The number of carboxylic acids is 1. The minimum Gasteiger partial charge on any atom is -0.478 e.